The van der Waals surface area contributed by atoms with Crippen molar-refractivity contribution in [3.05, 3.63) is 0 Å². The van der Waals surface area contributed by atoms with E-state index in [4.69, 9.17) is 0 Å². The van der Waals surface area contributed by atoms with Crippen LogP contribution in [0.4, 0.5) is 0 Å². The van der Waals surface area contributed by atoms with Gasteiger partial charge in [-0.2, -0.15) is 0 Å². The predicted molar refractivity (Wildman–Crippen MR) is 73.7 cm³/mol. The van der Waals surface area contributed by atoms with Crippen molar-refractivity contribution in [1.82, 2.24) is 0 Å². The van der Waals surface area contributed by atoms with Crippen LogP contribution >= 0.6 is 0 Å². The molecule has 0 aliphatic heterocycles. The summed E-state index contributed by atoms with van der Waals surface area (Å²) in [5.74, 6) is 3.09. The molecule has 0 unspecified atom stereocenters. The SMILES string of the molecule is CC(C)C1CCCC1.CCC1CCCCC1. The summed E-state index contributed by atoms with van der Waals surface area (Å²) < 4.78 is 0. The molecule has 0 heterocycles. The molecule has 96 valence electrons. The average molecular weight is 224 g/mol. The Morgan fingerprint density at radius 3 is 1.62 bits per heavy atom. The van der Waals surface area contributed by atoms with Crippen LogP contribution in [-0.2, 0) is 0 Å². The minimum atomic E-state index is 0.942. The van der Waals surface area contributed by atoms with Crippen LogP contribution in [0.2, 0.25) is 0 Å². The third-order valence-electron chi connectivity index (χ3n) is 4.64. The van der Waals surface area contributed by atoms with Crippen LogP contribution in [-0.4, -0.2) is 0 Å². The third kappa shape index (κ3) is 5.37. The van der Waals surface area contributed by atoms with E-state index in [1.807, 2.05) is 0 Å². The first kappa shape index (κ1) is 14.1. The number of hydrogen-bond donors (Lipinski definition) is 0. The Morgan fingerprint density at radius 1 is 0.812 bits per heavy atom. The minimum Gasteiger partial charge on any atom is -0.0651 e. The van der Waals surface area contributed by atoms with Crippen LogP contribution in [0.15, 0.2) is 0 Å². The molecule has 0 saturated heterocycles. The van der Waals surface area contributed by atoms with Crippen molar-refractivity contribution in [2.75, 3.05) is 0 Å². The lowest BCUT2D eigenvalue weighted by Gasteiger charge is -2.18. The van der Waals surface area contributed by atoms with Gasteiger partial charge in [-0.05, 0) is 17.8 Å². The van der Waals surface area contributed by atoms with E-state index < -0.39 is 0 Å². The molecule has 2 rings (SSSR count). The van der Waals surface area contributed by atoms with Gasteiger partial charge in [0.1, 0.15) is 0 Å². The highest BCUT2D eigenvalue weighted by Crippen LogP contribution is 2.30. The maximum Gasteiger partial charge on any atom is -0.0391 e. The van der Waals surface area contributed by atoms with Gasteiger partial charge in [0, 0.05) is 0 Å². The molecule has 0 aromatic heterocycles. The lowest BCUT2D eigenvalue weighted by molar-refractivity contribution is 0.349. The Kier molecular flexibility index (Phi) is 7.16. The molecule has 2 aliphatic carbocycles. The molecule has 2 fully saturated rings. The molecule has 0 N–H and O–H groups in total. The Bertz CT molecular complexity index is 147. The van der Waals surface area contributed by atoms with Crippen molar-refractivity contribution in [3.63, 3.8) is 0 Å². The zero-order valence-electron chi connectivity index (χ0n) is 11.8. The van der Waals surface area contributed by atoms with E-state index in [2.05, 4.69) is 20.8 Å². The Morgan fingerprint density at radius 2 is 1.31 bits per heavy atom. The maximum atomic E-state index is 2.34. The highest BCUT2D eigenvalue weighted by molar-refractivity contribution is 4.69. The topological polar surface area (TPSA) is 0 Å². The fourth-order valence-corrected chi connectivity index (χ4v) is 3.22. The summed E-state index contributed by atoms with van der Waals surface area (Å²) in [6.07, 6.45) is 14.9. The number of rotatable bonds is 2. The van der Waals surface area contributed by atoms with Gasteiger partial charge in [0.15, 0.2) is 0 Å². The normalized spacial score (nSPS) is 23.2. The molecule has 2 aliphatic rings. The van der Waals surface area contributed by atoms with E-state index in [1.165, 1.54) is 64.2 Å². The first-order valence-electron chi connectivity index (χ1n) is 7.74. The van der Waals surface area contributed by atoms with Gasteiger partial charge in [0.05, 0.1) is 0 Å². The van der Waals surface area contributed by atoms with Gasteiger partial charge < -0.3 is 0 Å². The molecule has 16 heavy (non-hydrogen) atoms. The molecule has 0 nitrogen and oxygen atoms in total. The lowest BCUT2D eigenvalue weighted by atomic mass is 9.88. The standard InChI is InChI=1S/2C8H16/c1-7(2)8-5-3-4-6-8;1-2-8-6-4-3-5-7-8/h7-8H,3-6H2,1-2H3;8H,2-7H2,1H3. The zero-order chi connectivity index (χ0) is 11.8. The fourth-order valence-electron chi connectivity index (χ4n) is 3.22. The van der Waals surface area contributed by atoms with Crippen LogP contribution in [0, 0.1) is 17.8 Å². The molecule has 0 aromatic carbocycles. The van der Waals surface area contributed by atoms with Gasteiger partial charge in [-0.15, -0.1) is 0 Å². The second-order valence-corrected chi connectivity index (χ2v) is 6.20. The summed E-state index contributed by atoms with van der Waals surface area (Å²) in [7, 11) is 0. The van der Waals surface area contributed by atoms with E-state index >= 15 is 0 Å². The lowest BCUT2D eigenvalue weighted by Crippen LogP contribution is -2.03. The largest absolute Gasteiger partial charge is 0.0651 e. The summed E-state index contributed by atoms with van der Waals surface area (Å²) in [5.41, 5.74) is 0. The second kappa shape index (κ2) is 8.14. The van der Waals surface area contributed by atoms with Crippen molar-refractivity contribution in [2.45, 2.75) is 85.0 Å². The predicted octanol–water partition coefficient (Wildman–Crippen LogP) is 5.81. The minimum absolute atomic E-state index is 0.942. The van der Waals surface area contributed by atoms with Crippen LogP contribution < -0.4 is 0 Å². The fraction of sp³-hybridized carbons (Fsp3) is 1.00. The van der Waals surface area contributed by atoms with Gasteiger partial charge >= 0.3 is 0 Å². The van der Waals surface area contributed by atoms with Gasteiger partial charge in [-0.1, -0.05) is 85.0 Å². The van der Waals surface area contributed by atoms with E-state index in [1.54, 1.807) is 0 Å². The van der Waals surface area contributed by atoms with Crippen LogP contribution in [0.1, 0.15) is 85.0 Å². The molecule has 0 radical (unpaired) electrons. The zero-order valence-corrected chi connectivity index (χ0v) is 11.8. The molecule has 0 bridgehead atoms. The van der Waals surface area contributed by atoms with Crippen LogP contribution in [0.25, 0.3) is 0 Å². The molecule has 0 heteroatoms. The van der Waals surface area contributed by atoms with Crippen LogP contribution in [0.5, 0.6) is 0 Å². The first-order valence-corrected chi connectivity index (χ1v) is 7.74. The number of hydrogen-bond acceptors (Lipinski definition) is 0. The van der Waals surface area contributed by atoms with Crippen molar-refractivity contribution < 1.29 is 0 Å². The molecular weight excluding hydrogens is 192 g/mol. The molecule has 2 saturated carbocycles. The van der Waals surface area contributed by atoms with E-state index in [9.17, 15) is 0 Å². The van der Waals surface area contributed by atoms with Crippen molar-refractivity contribution in [2.24, 2.45) is 17.8 Å². The molecular formula is C16H32. The monoisotopic (exact) mass is 224 g/mol. The molecule has 0 aromatic rings. The van der Waals surface area contributed by atoms with Crippen LogP contribution in [0.3, 0.4) is 0 Å². The van der Waals surface area contributed by atoms with Gasteiger partial charge in [-0.3, -0.25) is 0 Å². The van der Waals surface area contributed by atoms with Crippen molar-refractivity contribution >= 4 is 0 Å². The first-order chi connectivity index (χ1) is 7.74. The average Bonchev–Trinajstić information content (AvgIpc) is 2.85. The van der Waals surface area contributed by atoms with E-state index in [0.29, 0.717) is 0 Å². The summed E-state index contributed by atoms with van der Waals surface area (Å²) in [6.45, 7) is 7.00. The highest BCUT2D eigenvalue weighted by Gasteiger charge is 2.17. The highest BCUT2D eigenvalue weighted by atomic mass is 14.2. The van der Waals surface area contributed by atoms with Gasteiger partial charge in [0.2, 0.25) is 0 Å². The Hall–Kier alpha value is 0. The molecule has 0 spiro atoms. The third-order valence-corrected chi connectivity index (χ3v) is 4.64. The van der Waals surface area contributed by atoms with Gasteiger partial charge in [0.25, 0.3) is 0 Å². The summed E-state index contributed by atoms with van der Waals surface area (Å²) in [5, 5.41) is 0. The summed E-state index contributed by atoms with van der Waals surface area (Å²) >= 11 is 0. The van der Waals surface area contributed by atoms with Crippen molar-refractivity contribution in [3.8, 4) is 0 Å². The molecule has 0 atom stereocenters. The van der Waals surface area contributed by atoms with E-state index in [-0.39, 0.29) is 0 Å². The molecule has 0 amide bonds. The Labute approximate surface area is 103 Å². The quantitative estimate of drug-likeness (QED) is 0.555. The van der Waals surface area contributed by atoms with Gasteiger partial charge in [-0.25, -0.2) is 0 Å². The van der Waals surface area contributed by atoms with Crippen molar-refractivity contribution in [1.29, 1.82) is 0 Å². The summed E-state index contributed by atoms with van der Waals surface area (Å²) in [6, 6.07) is 0. The maximum absolute atomic E-state index is 2.34. The van der Waals surface area contributed by atoms with E-state index in [0.717, 1.165) is 17.8 Å². The smallest absolute Gasteiger partial charge is 0.0391 e. The summed E-state index contributed by atoms with van der Waals surface area (Å²) in [4.78, 5) is 0. The second-order valence-electron chi connectivity index (χ2n) is 6.20. The Balaban J connectivity index is 0.000000160.